The van der Waals surface area contributed by atoms with Gasteiger partial charge in [-0.25, -0.2) is 4.99 Å². The van der Waals surface area contributed by atoms with E-state index in [0.29, 0.717) is 29.8 Å². The molecule has 0 bridgehead atoms. The normalized spacial score (nSPS) is 20.0. The molecule has 194 valence electrons. The van der Waals surface area contributed by atoms with Crippen LogP contribution in [0.4, 0.5) is 17.1 Å². The van der Waals surface area contributed by atoms with Gasteiger partial charge in [-0.3, -0.25) is 4.79 Å². The SMILES string of the molecule is CCCC1=C(N)C(=Nc2ccc(N3CCCCC3)cc2)C=C(Cc2ccc(N3CCCCC3)cc2)C1=O. The molecule has 2 saturated heterocycles. The fourth-order valence-corrected chi connectivity index (χ4v) is 5.73. The maximum Gasteiger partial charge on any atom is 0.187 e. The quantitative estimate of drug-likeness (QED) is 0.444. The third-order valence-electron chi connectivity index (χ3n) is 7.85. The first kappa shape index (κ1) is 25.3. The molecule has 5 heteroatoms. The zero-order chi connectivity index (χ0) is 25.6. The number of allylic oxidation sites excluding steroid dienone is 3. The Morgan fingerprint density at radius 2 is 1.32 bits per heavy atom. The number of ketones is 1. The van der Waals surface area contributed by atoms with Gasteiger partial charge in [-0.1, -0.05) is 25.5 Å². The van der Waals surface area contributed by atoms with Crippen LogP contribution in [0.5, 0.6) is 0 Å². The number of piperidine rings is 2. The number of carbonyl (C=O) groups excluding carboxylic acids is 1. The van der Waals surface area contributed by atoms with E-state index in [0.717, 1.165) is 49.4 Å². The number of rotatable bonds is 7. The van der Waals surface area contributed by atoms with Crippen molar-refractivity contribution in [3.05, 3.63) is 77.0 Å². The fourth-order valence-electron chi connectivity index (χ4n) is 5.73. The van der Waals surface area contributed by atoms with Gasteiger partial charge >= 0.3 is 0 Å². The van der Waals surface area contributed by atoms with Gasteiger partial charge in [0.05, 0.1) is 17.1 Å². The van der Waals surface area contributed by atoms with Crippen LogP contribution in [0.3, 0.4) is 0 Å². The van der Waals surface area contributed by atoms with E-state index in [-0.39, 0.29) is 5.78 Å². The number of hydrogen-bond donors (Lipinski definition) is 1. The maximum atomic E-state index is 13.4. The van der Waals surface area contributed by atoms with Gasteiger partial charge in [0.1, 0.15) is 0 Å². The molecular formula is C32H40N4O. The Morgan fingerprint density at radius 3 is 1.86 bits per heavy atom. The van der Waals surface area contributed by atoms with Crippen molar-refractivity contribution in [1.29, 1.82) is 0 Å². The van der Waals surface area contributed by atoms with E-state index >= 15 is 0 Å². The summed E-state index contributed by atoms with van der Waals surface area (Å²) in [6, 6.07) is 17.2. The number of benzene rings is 2. The molecule has 0 aromatic heterocycles. The zero-order valence-electron chi connectivity index (χ0n) is 22.2. The third-order valence-corrected chi connectivity index (χ3v) is 7.85. The van der Waals surface area contributed by atoms with Crippen molar-refractivity contribution in [1.82, 2.24) is 0 Å². The number of carbonyl (C=O) groups is 1. The predicted octanol–water partition coefficient (Wildman–Crippen LogP) is 6.50. The summed E-state index contributed by atoms with van der Waals surface area (Å²) in [7, 11) is 0. The topological polar surface area (TPSA) is 61.9 Å². The Balaban J connectivity index is 1.37. The van der Waals surface area contributed by atoms with Crippen molar-refractivity contribution in [3.8, 4) is 0 Å². The smallest absolute Gasteiger partial charge is 0.187 e. The highest BCUT2D eigenvalue weighted by Crippen LogP contribution is 2.28. The van der Waals surface area contributed by atoms with E-state index in [1.54, 1.807) is 0 Å². The molecule has 0 spiro atoms. The van der Waals surface area contributed by atoms with Crippen LogP contribution in [-0.4, -0.2) is 37.7 Å². The number of aliphatic imine (C=N–C) groups is 1. The molecule has 1 aliphatic carbocycles. The van der Waals surface area contributed by atoms with Gasteiger partial charge in [0.25, 0.3) is 0 Å². The molecule has 5 rings (SSSR count). The van der Waals surface area contributed by atoms with E-state index in [1.165, 1.54) is 49.9 Å². The molecule has 0 atom stereocenters. The van der Waals surface area contributed by atoms with Gasteiger partial charge in [0.15, 0.2) is 5.78 Å². The van der Waals surface area contributed by atoms with E-state index < -0.39 is 0 Å². The predicted molar refractivity (Wildman–Crippen MR) is 155 cm³/mol. The second-order valence-electron chi connectivity index (χ2n) is 10.6. The highest BCUT2D eigenvalue weighted by Gasteiger charge is 2.25. The summed E-state index contributed by atoms with van der Waals surface area (Å²) in [6.07, 6.45) is 11.7. The lowest BCUT2D eigenvalue weighted by Crippen LogP contribution is -2.29. The summed E-state index contributed by atoms with van der Waals surface area (Å²) in [5.74, 6) is 0.0684. The summed E-state index contributed by atoms with van der Waals surface area (Å²) in [6.45, 7) is 6.59. The van der Waals surface area contributed by atoms with Crippen molar-refractivity contribution in [3.63, 3.8) is 0 Å². The first-order chi connectivity index (χ1) is 18.1. The molecule has 2 heterocycles. The Hall–Kier alpha value is -3.34. The van der Waals surface area contributed by atoms with Crippen molar-refractivity contribution < 1.29 is 4.79 Å². The monoisotopic (exact) mass is 496 g/mol. The Bertz CT molecular complexity index is 1180. The molecule has 2 fully saturated rings. The molecule has 5 nitrogen and oxygen atoms in total. The second-order valence-corrected chi connectivity index (χ2v) is 10.6. The van der Waals surface area contributed by atoms with Gasteiger partial charge in [-0.05, 0) is 93.0 Å². The highest BCUT2D eigenvalue weighted by molar-refractivity contribution is 6.24. The van der Waals surface area contributed by atoms with E-state index in [4.69, 9.17) is 10.7 Å². The molecule has 0 radical (unpaired) electrons. The van der Waals surface area contributed by atoms with Crippen LogP contribution in [0, 0.1) is 0 Å². The first-order valence-corrected chi connectivity index (χ1v) is 14.1. The van der Waals surface area contributed by atoms with Crippen molar-refractivity contribution >= 4 is 28.6 Å². The largest absolute Gasteiger partial charge is 0.397 e. The minimum atomic E-state index is 0.0684. The number of Topliss-reactive ketones (excluding diaryl/α,β-unsaturated/α-hetero) is 1. The average molecular weight is 497 g/mol. The first-order valence-electron chi connectivity index (χ1n) is 14.1. The maximum absolute atomic E-state index is 13.4. The van der Waals surface area contributed by atoms with Crippen LogP contribution in [0.2, 0.25) is 0 Å². The van der Waals surface area contributed by atoms with Gasteiger partial charge in [-0.2, -0.15) is 0 Å². The van der Waals surface area contributed by atoms with E-state index in [1.807, 2.05) is 6.08 Å². The van der Waals surface area contributed by atoms with Crippen LogP contribution < -0.4 is 15.5 Å². The molecule has 0 unspecified atom stereocenters. The summed E-state index contributed by atoms with van der Waals surface area (Å²) >= 11 is 0. The Labute approximate surface area is 221 Å². The highest BCUT2D eigenvalue weighted by atomic mass is 16.1. The standard InChI is InChI=1S/C32H40N4O/c1-2-9-29-31(33)30(34-26-12-16-28(17-13-26)36-20-7-4-8-21-36)23-25(32(29)37)22-24-10-14-27(15-11-24)35-18-5-3-6-19-35/h10-17,23H,2-9,18-22,33H2,1H3. The van der Waals surface area contributed by atoms with Crippen LogP contribution >= 0.6 is 0 Å². The van der Waals surface area contributed by atoms with Gasteiger partial charge in [-0.15, -0.1) is 0 Å². The zero-order valence-corrected chi connectivity index (χ0v) is 22.2. The van der Waals surface area contributed by atoms with Crippen LogP contribution in [0.15, 0.2) is 76.4 Å². The van der Waals surface area contributed by atoms with Gasteiger partial charge in [0.2, 0.25) is 0 Å². The summed E-state index contributed by atoms with van der Waals surface area (Å²) in [5.41, 5.74) is 13.8. The molecular weight excluding hydrogens is 456 g/mol. The Kier molecular flexibility index (Phi) is 8.08. The van der Waals surface area contributed by atoms with E-state index in [2.05, 4.69) is 65.3 Å². The molecule has 0 amide bonds. The van der Waals surface area contributed by atoms with Gasteiger partial charge < -0.3 is 15.5 Å². The second kappa shape index (κ2) is 11.8. The molecule has 0 saturated carbocycles. The third kappa shape index (κ3) is 5.98. The number of nitrogens with two attached hydrogens (primary N) is 1. The molecule has 2 aliphatic heterocycles. The minimum Gasteiger partial charge on any atom is -0.397 e. The molecule has 37 heavy (non-hydrogen) atoms. The lowest BCUT2D eigenvalue weighted by Gasteiger charge is -2.29. The van der Waals surface area contributed by atoms with Crippen LogP contribution in [-0.2, 0) is 11.2 Å². The molecule has 2 aromatic rings. The van der Waals surface area contributed by atoms with Gasteiger partial charge in [0, 0.05) is 55.1 Å². The summed E-state index contributed by atoms with van der Waals surface area (Å²) < 4.78 is 0. The molecule has 2 N–H and O–H groups in total. The molecule has 2 aromatic carbocycles. The van der Waals surface area contributed by atoms with Crippen molar-refractivity contribution in [2.45, 2.75) is 64.7 Å². The lowest BCUT2D eigenvalue weighted by atomic mass is 9.87. The van der Waals surface area contributed by atoms with Crippen LogP contribution in [0.1, 0.15) is 63.9 Å². The lowest BCUT2D eigenvalue weighted by molar-refractivity contribution is -0.112. The number of nitrogens with zero attached hydrogens (tertiary/aromatic N) is 3. The van der Waals surface area contributed by atoms with Crippen molar-refractivity contribution in [2.24, 2.45) is 10.7 Å². The van der Waals surface area contributed by atoms with E-state index in [9.17, 15) is 4.79 Å². The van der Waals surface area contributed by atoms with Crippen LogP contribution in [0.25, 0.3) is 0 Å². The fraction of sp³-hybridized carbons (Fsp3) is 0.438. The minimum absolute atomic E-state index is 0.0684. The number of hydrogen-bond acceptors (Lipinski definition) is 5. The average Bonchev–Trinajstić information content (AvgIpc) is 2.95. The van der Waals surface area contributed by atoms with Crippen molar-refractivity contribution in [2.75, 3.05) is 36.0 Å². The Morgan fingerprint density at radius 1 is 0.784 bits per heavy atom. The summed E-state index contributed by atoms with van der Waals surface area (Å²) in [4.78, 5) is 23.2. The number of anilines is 2. The summed E-state index contributed by atoms with van der Waals surface area (Å²) in [5, 5.41) is 0. The molecule has 3 aliphatic rings.